The number of hydrogen-bond acceptors (Lipinski definition) is 1. The summed E-state index contributed by atoms with van der Waals surface area (Å²) in [7, 11) is 1.72. The SMILES string of the molecule is O=[Si].[Bi].[Li].[Pb].[Te]. The molecule has 0 aliphatic carbocycles. The van der Waals surface area contributed by atoms with Gasteiger partial charge in [-0.1, -0.05) is 0 Å². The van der Waals surface area contributed by atoms with E-state index in [1.165, 1.54) is 0 Å². The molecule has 12 radical (unpaired) electrons. The van der Waals surface area contributed by atoms with Crippen molar-refractivity contribution in [2.75, 3.05) is 0 Å². The van der Waals surface area contributed by atoms with Crippen LogP contribution >= 0.6 is 0 Å². The molecule has 0 heterocycles. The summed E-state index contributed by atoms with van der Waals surface area (Å²) in [6, 6.07) is 0. The van der Waals surface area contributed by atoms with E-state index in [0.717, 1.165) is 0 Å². The maximum absolute atomic E-state index is 8.06. The van der Waals surface area contributed by atoms with Crippen molar-refractivity contribution in [2.45, 2.75) is 0 Å². The first-order valence-electron chi connectivity index (χ1n) is 0.204. The Bertz CT molecular complexity index is 15.5. The van der Waals surface area contributed by atoms with E-state index in [9.17, 15) is 0 Å². The van der Waals surface area contributed by atoms with Crippen LogP contribution in [-0.2, 0) is 4.46 Å². The Labute approximate surface area is 108 Å². The van der Waals surface area contributed by atoms with E-state index in [1.807, 2.05) is 0 Å². The summed E-state index contributed by atoms with van der Waals surface area (Å²) in [6.45, 7) is 0. The molecular weight excluding hydrogens is 595 g/mol. The van der Waals surface area contributed by atoms with E-state index >= 15 is 0 Å². The van der Waals surface area contributed by atoms with Gasteiger partial charge in [-0.3, -0.25) is 0 Å². The van der Waals surface area contributed by atoms with Crippen LogP contribution in [0.25, 0.3) is 0 Å². The van der Waals surface area contributed by atoms with E-state index in [-0.39, 0.29) is 96.0 Å². The summed E-state index contributed by atoms with van der Waals surface area (Å²) in [5, 5.41) is 0. The summed E-state index contributed by atoms with van der Waals surface area (Å²) >= 11 is 0. The first-order valence-corrected chi connectivity index (χ1v) is 0.612. The Kier molecular flexibility index (Phi) is 242. The standard InChI is InChI=1S/Bi.Li.OSi.Pb.Te/c;;1-2;;. The normalized spacial score (nSPS) is 0.667. The predicted octanol–water partition coefficient (Wildman–Crippen LogP) is -2.02. The van der Waals surface area contributed by atoms with Gasteiger partial charge < -0.3 is 4.46 Å². The molecule has 0 saturated carbocycles. The molecule has 0 N–H and O–H groups in total. The molecule has 0 aromatic rings. The maximum Gasteiger partial charge on any atom is 0.381 e. The Morgan fingerprint density at radius 1 is 1.17 bits per heavy atom. The van der Waals surface area contributed by atoms with Gasteiger partial charge in [0.15, 0.2) is 0 Å². The predicted molar refractivity (Wildman–Crippen MR) is 29.5 cm³/mol. The van der Waals surface area contributed by atoms with Gasteiger partial charge in [-0.25, -0.2) is 0 Å². The van der Waals surface area contributed by atoms with Crippen molar-refractivity contribution in [3.8, 4) is 0 Å². The van der Waals surface area contributed by atoms with Crippen LogP contribution < -0.4 is 0 Å². The fourth-order valence-corrected chi connectivity index (χ4v) is 0. The minimum absolute atomic E-state index is 0. The zero-order valence-corrected chi connectivity index (χ0v) is 14.0. The van der Waals surface area contributed by atoms with Crippen molar-refractivity contribution in [1.29, 1.82) is 0 Å². The van der Waals surface area contributed by atoms with E-state index in [1.54, 1.807) is 10.1 Å². The average Bonchev–Trinajstić information content (AvgIpc) is 1.00. The van der Waals surface area contributed by atoms with Crippen LogP contribution in [0.15, 0.2) is 0 Å². The van der Waals surface area contributed by atoms with Crippen molar-refractivity contribution in [2.24, 2.45) is 0 Å². The van der Waals surface area contributed by atoms with Crippen molar-refractivity contribution in [3.05, 3.63) is 0 Å². The fraction of sp³-hybridized carbons (Fsp3) is 0. The van der Waals surface area contributed by atoms with Gasteiger partial charge >= 0.3 is 10.1 Å². The number of rotatable bonds is 0. The second-order valence-corrected chi connectivity index (χ2v) is 0. The summed E-state index contributed by atoms with van der Waals surface area (Å²) in [6.07, 6.45) is 0. The van der Waals surface area contributed by atoms with Gasteiger partial charge in [0.2, 0.25) is 0 Å². The molecule has 26 valence electrons. The summed E-state index contributed by atoms with van der Waals surface area (Å²) in [5.74, 6) is 0. The molecule has 0 unspecified atom stereocenters. The van der Waals surface area contributed by atoms with Gasteiger partial charge in [-0.15, -0.1) is 0 Å². The molecular formula is BiLiOPbSiTe. The third-order valence-corrected chi connectivity index (χ3v) is 0. The third-order valence-electron chi connectivity index (χ3n) is 0. The first-order chi connectivity index (χ1) is 1.00. The van der Waals surface area contributed by atoms with Crippen LogP contribution in [0.1, 0.15) is 0 Å². The molecule has 1 nitrogen and oxygen atoms in total. The van der Waals surface area contributed by atoms with Crippen LogP contribution in [0.2, 0.25) is 0 Å². The molecule has 6 heteroatoms. The third kappa shape index (κ3) is 27.0. The van der Waals surface area contributed by atoms with Gasteiger partial charge in [0, 0.05) is 96.0 Å². The molecule has 0 bridgehead atoms. The fourth-order valence-electron chi connectivity index (χ4n) is 0. The molecule has 0 spiro atoms. The zero-order valence-electron chi connectivity index (χ0n) is 3.26. The van der Waals surface area contributed by atoms with Crippen molar-refractivity contribution in [1.82, 2.24) is 0 Å². The first kappa shape index (κ1) is 35.0. The van der Waals surface area contributed by atoms with Crippen molar-refractivity contribution < 1.29 is 4.46 Å². The van der Waals surface area contributed by atoms with Crippen LogP contribution in [-0.4, -0.2) is 106 Å². The Morgan fingerprint density at radius 2 is 1.17 bits per heavy atom. The molecule has 0 aliphatic rings. The number of hydrogen-bond donors (Lipinski definition) is 0. The van der Waals surface area contributed by atoms with Gasteiger partial charge in [0.25, 0.3) is 0 Å². The minimum Gasteiger partial charge on any atom is -0.381 e. The smallest absolute Gasteiger partial charge is 0.381 e. The molecule has 0 saturated heterocycles. The maximum atomic E-state index is 8.06. The quantitative estimate of drug-likeness (QED) is 0.296. The molecule has 0 fully saturated rings. The Balaban J connectivity index is -0.000000000833. The molecule has 6 heavy (non-hydrogen) atoms. The van der Waals surface area contributed by atoms with Crippen LogP contribution in [0.3, 0.4) is 0 Å². The molecule has 0 atom stereocenters. The minimum atomic E-state index is 0. The Hall–Kier alpha value is 3.21. The Morgan fingerprint density at radius 3 is 1.17 bits per heavy atom. The van der Waals surface area contributed by atoms with Gasteiger partial charge in [0.05, 0.1) is 0 Å². The van der Waals surface area contributed by atoms with E-state index in [4.69, 9.17) is 4.46 Å². The van der Waals surface area contributed by atoms with Crippen LogP contribution in [0.4, 0.5) is 0 Å². The molecule has 0 rings (SSSR count). The van der Waals surface area contributed by atoms with Gasteiger partial charge in [-0.05, 0) is 0 Å². The molecule has 0 aromatic heterocycles. The van der Waals surface area contributed by atoms with Crippen LogP contribution in [0.5, 0.6) is 0 Å². The average molecular weight is 595 g/mol. The molecule has 0 aromatic carbocycles. The summed E-state index contributed by atoms with van der Waals surface area (Å²) in [4.78, 5) is 0. The van der Waals surface area contributed by atoms with E-state index < -0.39 is 0 Å². The summed E-state index contributed by atoms with van der Waals surface area (Å²) < 4.78 is 8.06. The van der Waals surface area contributed by atoms with Crippen molar-refractivity contribution in [3.63, 3.8) is 0 Å². The van der Waals surface area contributed by atoms with E-state index in [2.05, 4.69) is 0 Å². The molecule has 0 aliphatic heterocycles. The second kappa shape index (κ2) is 41.4. The van der Waals surface area contributed by atoms with Crippen LogP contribution in [0, 0.1) is 0 Å². The molecule has 0 amide bonds. The topological polar surface area (TPSA) is 17.1 Å². The van der Waals surface area contributed by atoms with E-state index in [0.29, 0.717) is 0 Å². The van der Waals surface area contributed by atoms with Gasteiger partial charge in [0.1, 0.15) is 0 Å². The largest absolute Gasteiger partial charge is 0.381 e. The summed E-state index contributed by atoms with van der Waals surface area (Å²) in [5.41, 5.74) is 0. The van der Waals surface area contributed by atoms with Crippen molar-refractivity contribution >= 4 is 106 Å². The zero-order chi connectivity index (χ0) is 2.00. The second-order valence-electron chi connectivity index (χ2n) is 0. The monoisotopic (exact) mass is 598 g/mol. The van der Waals surface area contributed by atoms with Gasteiger partial charge in [-0.2, -0.15) is 0 Å².